The van der Waals surface area contributed by atoms with E-state index >= 15 is 0 Å². The number of hydrogen-bond acceptors (Lipinski definition) is 2. The third-order valence-electron chi connectivity index (χ3n) is 3.53. The molecule has 0 saturated carbocycles. The van der Waals surface area contributed by atoms with Gasteiger partial charge in [-0.15, -0.1) is 0 Å². The zero-order valence-electron chi connectivity index (χ0n) is 11.4. The molecule has 1 heterocycles. The second-order valence-electron chi connectivity index (χ2n) is 5.41. The Morgan fingerprint density at radius 2 is 1.89 bits per heavy atom. The Labute approximate surface area is 109 Å². The SMILES string of the molecule is Cc1cc(F)cc(OC2CCN(C(C)C)CC2)c1. The summed E-state index contributed by atoms with van der Waals surface area (Å²) in [5.74, 6) is 0.445. The summed E-state index contributed by atoms with van der Waals surface area (Å²) in [7, 11) is 0. The average molecular weight is 251 g/mol. The molecule has 0 spiro atoms. The lowest BCUT2D eigenvalue weighted by atomic mass is 10.1. The lowest BCUT2D eigenvalue weighted by Gasteiger charge is -2.34. The fourth-order valence-electron chi connectivity index (χ4n) is 2.47. The molecule has 18 heavy (non-hydrogen) atoms. The quantitative estimate of drug-likeness (QED) is 0.816. The smallest absolute Gasteiger partial charge is 0.127 e. The first-order chi connectivity index (χ1) is 8.54. The number of likely N-dealkylation sites (tertiary alicyclic amines) is 1. The van der Waals surface area contributed by atoms with E-state index in [1.54, 1.807) is 0 Å². The van der Waals surface area contributed by atoms with Crippen LogP contribution < -0.4 is 4.74 Å². The van der Waals surface area contributed by atoms with Crippen molar-refractivity contribution < 1.29 is 9.13 Å². The van der Waals surface area contributed by atoms with Gasteiger partial charge in [0.05, 0.1) is 0 Å². The number of piperidine rings is 1. The van der Waals surface area contributed by atoms with E-state index in [-0.39, 0.29) is 11.9 Å². The topological polar surface area (TPSA) is 12.5 Å². The summed E-state index contributed by atoms with van der Waals surface area (Å²) in [4.78, 5) is 2.46. The molecular weight excluding hydrogens is 229 g/mol. The second-order valence-corrected chi connectivity index (χ2v) is 5.41. The van der Waals surface area contributed by atoms with E-state index in [0.29, 0.717) is 11.8 Å². The van der Waals surface area contributed by atoms with Gasteiger partial charge in [-0.05, 0) is 51.3 Å². The molecule has 2 rings (SSSR count). The maximum Gasteiger partial charge on any atom is 0.127 e. The number of aryl methyl sites for hydroxylation is 1. The molecule has 0 unspecified atom stereocenters. The van der Waals surface area contributed by atoms with Gasteiger partial charge in [-0.25, -0.2) is 4.39 Å². The molecule has 1 aromatic rings. The zero-order chi connectivity index (χ0) is 13.1. The minimum atomic E-state index is -0.218. The van der Waals surface area contributed by atoms with Gasteiger partial charge in [-0.2, -0.15) is 0 Å². The summed E-state index contributed by atoms with van der Waals surface area (Å²) in [6.07, 6.45) is 2.27. The molecule has 0 amide bonds. The standard InChI is InChI=1S/C15H22FNO/c1-11(2)17-6-4-14(5-7-17)18-15-9-12(3)8-13(16)10-15/h8-11,14H,4-7H2,1-3H3. The Kier molecular flexibility index (Phi) is 4.23. The van der Waals surface area contributed by atoms with Crippen LogP contribution in [0.1, 0.15) is 32.3 Å². The largest absolute Gasteiger partial charge is 0.490 e. The van der Waals surface area contributed by atoms with Crippen molar-refractivity contribution in [2.75, 3.05) is 13.1 Å². The van der Waals surface area contributed by atoms with Gasteiger partial charge in [0.1, 0.15) is 17.7 Å². The highest BCUT2D eigenvalue weighted by atomic mass is 19.1. The summed E-state index contributed by atoms with van der Waals surface area (Å²) in [5.41, 5.74) is 0.907. The maximum absolute atomic E-state index is 13.3. The third-order valence-corrected chi connectivity index (χ3v) is 3.53. The van der Waals surface area contributed by atoms with E-state index in [1.807, 2.05) is 13.0 Å². The Balaban J connectivity index is 1.91. The lowest BCUT2D eigenvalue weighted by molar-refractivity contribution is 0.0841. The number of benzene rings is 1. The van der Waals surface area contributed by atoms with Gasteiger partial charge in [-0.1, -0.05) is 0 Å². The summed E-state index contributed by atoms with van der Waals surface area (Å²) in [5, 5.41) is 0. The van der Waals surface area contributed by atoms with Crippen LogP contribution in [-0.2, 0) is 0 Å². The molecule has 0 radical (unpaired) electrons. The van der Waals surface area contributed by atoms with E-state index in [2.05, 4.69) is 18.7 Å². The maximum atomic E-state index is 13.3. The molecule has 1 aliphatic rings. The Bertz CT molecular complexity index is 377. The number of rotatable bonds is 3. The fourth-order valence-corrected chi connectivity index (χ4v) is 2.47. The van der Waals surface area contributed by atoms with E-state index in [1.165, 1.54) is 12.1 Å². The van der Waals surface area contributed by atoms with Crippen molar-refractivity contribution in [3.05, 3.63) is 29.6 Å². The highest BCUT2D eigenvalue weighted by molar-refractivity contribution is 5.28. The summed E-state index contributed by atoms with van der Waals surface area (Å²) in [6.45, 7) is 8.46. The molecule has 0 atom stereocenters. The summed E-state index contributed by atoms with van der Waals surface area (Å²) >= 11 is 0. The van der Waals surface area contributed by atoms with Crippen LogP contribution in [0.5, 0.6) is 5.75 Å². The van der Waals surface area contributed by atoms with E-state index in [4.69, 9.17) is 4.74 Å². The van der Waals surface area contributed by atoms with E-state index in [0.717, 1.165) is 31.5 Å². The summed E-state index contributed by atoms with van der Waals surface area (Å²) in [6, 6.07) is 5.50. The molecule has 1 fully saturated rings. The first-order valence-electron chi connectivity index (χ1n) is 6.72. The van der Waals surface area contributed by atoms with Crippen molar-refractivity contribution >= 4 is 0 Å². The highest BCUT2D eigenvalue weighted by Gasteiger charge is 2.22. The lowest BCUT2D eigenvalue weighted by Crippen LogP contribution is -2.41. The van der Waals surface area contributed by atoms with Gasteiger partial charge >= 0.3 is 0 Å². The third kappa shape index (κ3) is 3.45. The van der Waals surface area contributed by atoms with Crippen LogP contribution in [0.4, 0.5) is 4.39 Å². The van der Waals surface area contributed by atoms with Crippen LogP contribution in [-0.4, -0.2) is 30.1 Å². The van der Waals surface area contributed by atoms with Crippen LogP contribution in [0.2, 0.25) is 0 Å². The van der Waals surface area contributed by atoms with Gasteiger partial charge in [-0.3, -0.25) is 0 Å². The Hall–Kier alpha value is -1.09. The van der Waals surface area contributed by atoms with Crippen LogP contribution in [0, 0.1) is 12.7 Å². The molecule has 2 nitrogen and oxygen atoms in total. The molecule has 0 bridgehead atoms. The van der Waals surface area contributed by atoms with Gasteiger partial charge in [0.15, 0.2) is 0 Å². The van der Waals surface area contributed by atoms with Crippen LogP contribution in [0.25, 0.3) is 0 Å². The minimum Gasteiger partial charge on any atom is -0.490 e. The monoisotopic (exact) mass is 251 g/mol. The number of halogens is 1. The molecule has 0 N–H and O–H groups in total. The molecule has 100 valence electrons. The molecular formula is C15H22FNO. The number of hydrogen-bond donors (Lipinski definition) is 0. The highest BCUT2D eigenvalue weighted by Crippen LogP contribution is 2.22. The second kappa shape index (κ2) is 5.70. The number of nitrogens with zero attached hydrogens (tertiary/aromatic N) is 1. The molecule has 3 heteroatoms. The van der Waals surface area contributed by atoms with Crippen molar-refractivity contribution in [3.63, 3.8) is 0 Å². The normalized spacial score (nSPS) is 18.3. The Morgan fingerprint density at radius 1 is 1.22 bits per heavy atom. The van der Waals surface area contributed by atoms with Gasteiger partial charge in [0, 0.05) is 25.2 Å². The average Bonchev–Trinajstić information content (AvgIpc) is 2.28. The first-order valence-corrected chi connectivity index (χ1v) is 6.72. The van der Waals surface area contributed by atoms with Crippen molar-refractivity contribution in [3.8, 4) is 5.75 Å². The Morgan fingerprint density at radius 3 is 2.44 bits per heavy atom. The van der Waals surface area contributed by atoms with Crippen molar-refractivity contribution in [2.24, 2.45) is 0 Å². The van der Waals surface area contributed by atoms with Crippen LogP contribution in [0.15, 0.2) is 18.2 Å². The van der Waals surface area contributed by atoms with Crippen LogP contribution in [0.3, 0.4) is 0 Å². The molecule has 1 saturated heterocycles. The molecule has 1 aliphatic heterocycles. The van der Waals surface area contributed by atoms with Crippen molar-refractivity contribution in [2.45, 2.75) is 45.8 Å². The molecule has 1 aromatic carbocycles. The number of ether oxygens (including phenoxy) is 1. The molecule has 0 aromatic heterocycles. The van der Waals surface area contributed by atoms with E-state index < -0.39 is 0 Å². The fraction of sp³-hybridized carbons (Fsp3) is 0.600. The zero-order valence-corrected chi connectivity index (χ0v) is 11.4. The predicted molar refractivity (Wildman–Crippen MR) is 71.5 cm³/mol. The molecule has 0 aliphatic carbocycles. The first kappa shape index (κ1) is 13.3. The predicted octanol–water partition coefficient (Wildman–Crippen LogP) is 3.39. The van der Waals surface area contributed by atoms with Gasteiger partial charge < -0.3 is 9.64 Å². The minimum absolute atomic E-state index is 0.218. The van der Waals surface area contributed by atoms with Gasteiger partial charge in [0.2, 0.25) is 0 Å². The van der Waals surface area contributed by atoms with E-state index in [9.17, 15) is 4.39 Å². The van der Waals surface area contributed by atoms with Crippen molar-refractivity contribution in [1.29, 1.82) is 0 Å². The van der Waals surface area contributed by atoms with Crippen molar-refractivity contribution in [1.82, 2.24) is 4.90 Å². The summed E-state index contributed by atoms with van der Waals surface area (Å²) < 4.78 is 19.1. The van der Waals surface area contributed by atoms with Gasteiger partial charge in [0.25, 0.3) is 0 Å². The van der Waals surface area contributed by atoms with Crippen LogP contribution >= 0.6 is 0 Å².